The number of benzene rings is 1. The summed E-state index contributed by atoms with van der Waals surface area (Å²) >= 11 is 0. The van der Waals surface area contributed by atoms with Crippen LogP contribution in [0.4, 0.5) is 0 Å². The smallest absolute Gasteiger partial charge is 0.183 e. The predicted octanol–water partition coefficient (Wildman–Crippen LogP) is 3.64. The van der Waals surface area contributed by atoms with Crippen LogP contribution in [0.5, 0.6) is 0 Å². The van der Waals surface area contributed by atoms with Crippen LogP contribution in [0, 0.1) is 0 Å². The minimum Gasteiger partial charge on any atom is -0.349 e. The molecule has 0 radical (unpaired) electrons. The van der Waals surface area contributed by atoms with E-state index < -0.39 is 0 Å². The van der Waals surface area contributed by atoms with Gasteiger partial charge < -0.3 is 9.47 Å². The highest BCUT2D eigenvalue weighted by molar-refractivity contribution is 5.29. The molecule has 1 aromatic rings. The van der Waals surface area contributed by atoms with Crippen LogP contribution in [-0.4, -0.2) is 13.2 Å². The van der Waals surface area contributed by atoms with Crippen molar-refractivity contribution in [3.8, 4) is 0 Å². The van der Waals surface area contributed by atoms with Crippen LogP contribution in [0.3, 0.4) is 0 Å². The van der Waals surface area contributed by atoms with E-state index >= 15 is 0 Å². The average molecular weight is 220 g/mol. The maximum atomic E-state index is 5.60. The lowest BCUT2D eigenvalue weighted by atomic mass is 10.1. The van der Waals surface area contributed by atoms with Gasteiger partial charge in [-0.3, -0.25) is 0 Å². The summed E-state index contributed by atoms with van der Waals surface area (Å²) < 4.78 is 11.2. The normalized spacial score (nSPS) is 15.7. The van der Waals surface area contributed by atoms with Gasteiger partial charge in [-0.2, -0.15) is 0 Å². The van der Waals surface area contributed by atoms with Gasteiger partial charge in [0.25, 0.3) is 0 Å². The zero-order valence-corrected chi connectivity index (χ0v) is 10.1. The van der Waals surface area contributed by atoms with Crippen LogP contribution in [-0.2, 0) is 9.47 Å². The van der Waals surface area contributed by atoms with Crippen LogP contribution >= 0.6 is 0 Å². The second kappa shape index (κ2) is 5.46. The molecule has 0 heterocycles. The van der Waals surface area contributed by atoms with Crippen molar-refractivity contribution in [1.29, 1.82) is 0 Å². The zero-order chi connectivity index (χ0) is 11.4. The molecule has 0 unspecified atom stereocenters. The van der Waals surface area contributed by atoms with Crippen LogP contribution < -0.4 is 0 Å². The quantitative estimate of drug-likeness (QED) is 0.681. The first-order chi connectivity index (χ1) is 7.85. The fourth-order valence-electron chi connectivity index (χ4n) is 1.92. The van der Waals surface area contributed by atoms with Crippen molar-refractivity contribution < 1.29 is 9.47 Å². The van der Waals surface area contributed by atoms with E-state index in [1.54, 1.807) is 0 Å². The summed E-state index contributed by atoms with van der Waals surface area (Å²) in [6.45, 7) is 5.35. The third-order valence-corrected chi connectivity index (χ3v) is 2.87. The highest BCUT2D eigenvalue weighted by atomic mass is 16.7. The van der Waals surface area contributed by atoms with E-state index in [4.69, 9.17) is 9.47 Å². The van der Waals surface area contributed by atoms with E-state index in [0.717, 1.165) is 11.5 Å². The van der Waals surface area contributed by atoms with Gasteiger partial charge in [-0.1, -0.05) is 24.3 Å². The predicted molar refractivity (Wildman–Crippen MR) is 64.4 cm³/mol. The van der Waals surface area contributed by atoms with Gasteiger partial charge in [0.1, 0.15) is 0 Å². The van der Waals surface area contributed by atoms with Crippen LogP contribution in [0.25, 0.3) is 0 Å². The molecule has 0 spiro atoms. The average Bonchev–Trinajstić information content (AvgIpc) is 3.13. The highest BCUT2D eigenvalue weighted by Crippen LogP contribution is 2.40. The topological polar surface area (TPSA) is 18.5 Å². The Labute approximate surface area is 97.6 Å². The van der Waals surface area contributed by atoms with Crippen LogP contribution in [0.1, 0.15) is 50.0 Å². The number of hydrogen-bond acceptors (Lipinski definition) is 2. The van der Waals surface area contributed by atoms with Gasteiger partial charge in [0.2, 0.25) is 0 Å². The largest absolute Gasteiger partial charge is 0.349 e. The van der Waals surface area contributed by atoms with E-state index in [2.05, 4.69) is 24.3 Å². The summed E-state index contributed by atoms with van der Waals surface area (Å²) in [6, 6.07) is 8.62. The van der Waals surface area contributed by atoms with Gasteiger partial charge in [-0.25, -0.2) is 0 Å². The van der Waals surface area contributed by atoms with Gasteiger partial charge in [0.15, 0.2) is 6.29 Å². The Morgan fingerprint density at radius 3 is 2.44 bits per heavy atom. The van der Waals surface area contributed by atoms with Crippen molar-refractivity contribution in [2.24, 2.45) is 0 Å². The van der Waals surface area contributed by atoms with Crippen molar-refractivity contribution in [3.05, 3.63) is 35.4 Å². The third-order valence-electron chi connectivity index (χ3n) is 2.87. The number of ether oxygens (including phenoxy) is 2. The summed E-state index contributed by atoms with van der Waals surface area (Å²) in [5.74, 6) is 0.781. The van der Waals surface area contributed by atoms with E-state index in [1.807, 2.05) is 13.8 Å². The summed E-state index contributed by atoms with van der Waals surface area (Å²) in [7, 11) is 0. The molecule has 88 valence electrons. The lowest BCUT2D eigenvalue weighted by Crippen LogP contribution is -2.09. The lowest BCUT2D eigenvalue weighted by Gasteiger charge is -2.17. The zero-order valence-electron chi connectivity index (χ0n) is 10.1. The Balaban J connectivity index is 2.12. The minimum atomic E-state index is -0.200. The summed E-state index contributed by atoms with van der Waals surface area (Å²) in [5, 5.41) is 0. The van der Waals surface area contributed by atoms with E-state index in [1.165, 1.54) is 18.4 Å². The Kier molecular flexibility index (Phi) is 3.97. The van der Waals surface area contributed by atoms with Crippen molar-refractivity contribution in [1.82, 2.24) is 0 Å². The standard InChI is InChI=1S/C14H20O2/c1-3-15-14(16-4-2)13-7-5-6-12(10-13)11-8-9-11/h5-7,10-11,14H,3-4,8-9H2,1-2H3. The molecule has 1 aliphatic carbocycles. The van der Waals surface area contributed by atoms with E-state index in [-0.39, 0.29) is 6.29 Å². The van der Waals surface area contributed by atoms with Crippen LogP contribution in [0.15, 0.2) is 24.3 Å². The molecular formula is C14H20O2. The van der Waals surface area contributed by atoms with Gasteiger partial charge in [0.05, 0.1) is 0 Å². The lowest BCUT2D eigenvalue weighted by molar-refractivity contribution is -0.140. The molecule has 16 heavy (non-hydrogen) atoms. The van der Waals surface area contributed by atoms with Gasteiger partial charge in [-0.05, 0) is 38.2 Å². The number of rotatable bonds is 6. The summed E-state index contributed by atoms with van der Waals surface area (Å²) in [6.07, 6.45) is 2.46. The minimum absolute atomic E-state index is 0.200. The summed E-state index contributed by atoms with van der Waals surface area (Å²) in [4.78, 5) is 0. The highest BCUT2D eigenvalue weighted by Gasteiger charge is 2.24. The molecule has 0 aromatic heterocycles. The van der Waals surface area contributed by atoms with Crippen molar-refractivity contribution in [2.45, 2.75) is 38.9 Å². The van der Waals surface area contributed by atoms with Crippen LogP contribution in [0.2, 0.25) is 0 Å². The van der Waals surface area contributed by atoms with E-state index in [0.29, 0.717) is 13.2 Å². The maximum absolute atomic E-state index is 5.60. The fourth-order valence-corrected chi connectivity index (χ4v) is 1.92. The second-order valence-corrected chi connectivity index (χ2v) is 4.19. The molecule has 1 fully saturated rings. The van der Waals surface area contributed by atoms with Crippen molar-refractivity contribution in [3.63, 3.8) is 0 Å². The Hall–Kier alpha value is -0.860. The summed E-state index contributed by atoms with van der Waals surface area (Å²) in [5.41, 5.74) is 2.58. The molecule has 1 aromatic carbocycles. The Morgan fingerprint density at radius 2 is 1.88 bits per heavy atom. The maximum Gasteiger partial charge on any atom is 0.183 e. The molecule has 1 saturated carbocycles. The molecule has 0 aliphatic heterocycles. The first-order valence-electron chi connectivity index (χ1n) is 6.18. The first kappa shape index (κ1) is 11.6. The van der Waals surface area contributed by atoms with Gasteiger partial charge >= 0.3 is 0 Å². The molecule has 1 aliphatic rings. The van der Waals surface area contributed by atoms with E-state index in [9.17, 15) is 0 Å². The van der Waals surface area contributed by atoms with Gasteiger partial charge in [0, 0.05) is 18.8 Å². The molecule has 0 N–H and O–H groups in total. The molecular weight excluding hydrogens is 200 g/mol. The molecule has 0 bridgehead atoms. The van der Waals surface area contributed by atoms with Crippen molar-refractivity contribution in [2.75, 3.05) is 13.2 Å². The molecule has 0 amide bonds. The molecule has 2 nitrogen and oxygen atoms in total. The Morgan fingerprint density at radius 1 is 1.19 bits per heavy atom. The molecule has 2 rings (SSSR count). The second-order valence-electron chi connectivity index (χ2n) is 4.19. The fraction of sp³-hybridized carbons (Fsp3) is 0.571. The molecule has 0 saturated heterocycles. The first-order valence-corrected chi connectivity index (χ1v) is 6.18. The third kappa shape index (κ3) is 2.83. The van der Waals surface area contributed by atoms with Gasteiger partial charge in [-0.15, -0.1) is 0 Å². The number of hydrogen-bond donors (Lipinski definition) is 0. The van der Waals surface area contributed by atoms with Crippen molar-refractivity contribution >= 4 is 0 Å². The SMILES string of the molecule is CCOC(OCC)c1cccc(C2CC2)c1. The monoisotopic (exact) mass is 220 g/mol. The molecule has 0 atom stereocenters. The molecule has 2 heteroatoms. The Bertz CT molecular complexity index is 325.